The van der Waals surface area contributed by atoms with E-state index in [0.717, 1.165) is 31.5 Å². The third-order valence-corrected chi connectivity index (χ3v) is 4.73. The number of carbonyl (C=O) groups is 1. The summed E-state index contributed by atoms with van der Waals surface area (Å²) in [6.07, 6.45) is 0.920. The molecule has 1 aromatic carbocycles. The molecular weight excluding hydrogens is 328 g/mol. The summed E-state index contributed by atoms with van der Waals surface area (Å²) >= 11 is 0. The number of benzene rings is 1. The van der Waals surface area contributed by atoms with Crippen LogP contribution in [0.1, 0.15) is 70.6 Å². The Balaban J connectivity index is 1.76. The van der Waals surface area contributed by atoms with Crippen molar-refractivity contribution in [3.05, 3.63) is 35.4 Å². The van der Waals surface area contributed by atoms with E-state index in [4.69, 9.17) is 4.74 Å². The summed E-state index contributed by atoms with van der Waals surface area (Å²) in [4.78, 5) is 14.1. The molecule has 2 N–H and O–H groups in total. The molecule has 146 valence electrons. The molecule has 26 heavy (non-hydrogen) atoms. The average molecular weight is 363 g/mol. The van der Waals surface area contributed by atoms with Crippen molar-refractivity contribution < 1.29 is 14.6 Å². The lowest BCUT2D eigenvalue weighted by Gasteiger charge is -2.34. The fourth-order valence-corrected chi connectivity index (χ4v) is 3.19. The van der Waals surface area contributed by atoms with Gasteiger partial charge in [0.25, 0.3) is 0 Å². The predicted octanol–water partition coefficient (Wildman–Crippen LogP) is 3.83. The molecule has 0 radical (unpaired) electrons. The minimum Gasteiger partial charge on any atom is -0.444 e. The number of β-amino-alcohol motifs (C(OH)–C–C–N with tert-alkyl or cyclic N) is 1. The Morgan fingerprint density at radius 1 is 1.19 bits per heavy atom. The lowest BCUT2D eigenvalue weighted by atomic mass is 9.99. The van der Waals surface area contributed by atoms with Crippen LogP contribution in [0.4, 0.5) is 4.79 Å². The molecule has 5 heteroatoms. The molecular formula is C21H34N2O3. The topological polar surface area (TPSA) is 61.8 Å². The van der Waals surface area contributed by atoms with Crippen LogP contribution in [0.5, 0.6) is 0 Å². The van der Waals surface area contributed by atoms with Gasteiger partial charge in [0.05, 0.1) is 6.10 Å². The molecule has 1 aliphatic heterocycles. The first-order valence-corrected chi connectivity index (χ1v) is 9.64. The van der Waals surface area contributed by atoms with Gasteiger partial charge < -0.3 is 20.1 Å². The van der Waals surface area contributed by atoms with Gasteiger partial charge >= 0.3 is 6.09 Å². The zero-order valence-corrected chi connectivity index (χ0v) is 16.8. The first-order chi connectivity index (χ1) is 12.1. The normalized spacial score (nSPS) is 18.0. The number of nitrogens with zero attached hydrogens (tertiary/aromatic N) is 1. The first kappa shape index (κ1) is 20.7. The molecule has 0 aromatic heterocycles. The highest BCUT2D eigenvalue weighted by Crippen LogP contribution is 2.21. The number of hydrogen-bond donors (Lipinski definition) is 2. The number of aliphatic hydroxyl groups is 1. The highest BCUT2D eigenvalue weighted by molar-refractivity contribution is 5.68. The van der Waals surface area contributed by atoms with Crippen LogP contribution in [0.25, 0.3) is 0 Å². The Bertz CT molecular complexity index is 570. The van der Waals surface area contributed by atoms with Gasteiger partial charge in [-0.2, -0.15) is 0 Å². The molecule has 2 rings (SSSR count). The Kier molecular flexibility index (Phi) is 7.07. The van der Waals surface area contributed by atoms with Crippen molar-refractivity contribution in [2.45, 2.75) is 71.1 Å². The van der Waals surface area contributed by atoms with Gasteiger partial charge in [0.2, 0.25) is 0 Å². The quantitative estimate of drug-likeness (QED) is 0.836. The number of likely N-dealkylation sites (tertiary alicyclic amines) is 1. The molecule has 0 saturated carbocycles. The van der Waals surface area contributed by atoms with Crippen molar-refractivity contribution in [3.63, 3.8) is 0 Å². The Labute approximate surface area is 157 Å². The van der Waals surface area contributed by atoms with E-state index in [0.29, 0.717) is 12.5 Å². The lowest BCUT2D eigenvalue weighted by Crippen LogP contribution is -2.46. The molecule has 0 bridgehead atoms. The number of amides is 1. The number of alkyl carbamates (subject to hydrolysis) is 1. The smallest absolute Gasteiger partial charge is 0.407 e. The standard InChI is InChI=1S/C21H34N2O3/c1-15(2)16-6-8-17(9-7-16)19(24)14-23-12-10-18(11-13-23)22-20(25)26-21(3,4)5/h6-9,15,18-19,24H,10-14H2,1-5H3,(H,22,25). The molecule has 1 amide bonds. The van der Waals surface area contributed by atoms with Crippen LogP contribution < -0.4 is 5.32 Å². The van der Waals surface area contributed by atoms with Crippen LogP contribution in [0.15, 0.2) is 24.3 Å². The molecule has 1 unspecified atom stereocenters. The van der Waals surface area contributed by atoms with Crippen molar-refractivity contribution in [3.8, 4) is 0 Å². The van der Waals surface area contributed by atoms with Gasteiger partial charge in [-0.05, 0) is 50.7 Å². The molecule has 0 aliphatic carbocycles. The highest BCUT2D eigenvalue weighted by Gasteiger charge is 2.24. The Morgan fingerprint density at radius 3 is 2.23 bits per heavy atom. The van der Waals surface area contributed by atoms with Gasteiger partial charge in [-0.3, -0.25) is 0 Å². The van der Waals surface area contributed by atoms with E-state index in [1.807, 2.05) is 32.9 Å². The van der Waals surface area contributed by atoms with E-state index < -0.39 is 11.7 Å². The van der Waals surface area contributed by atoms with Crippen LogP contribution >= 0.6 is 0 Å². The predicted molar refractivity (Wildman–Crippen MR) is 104 cm³/mol. The molecule has 1 atom stereocenters. The van der Waals surface area contributed by atoms with E-state index in [1.165, 1.54) is 5.56 Å². The summed E-state index contributed by atoms with van der Waals surface area (Å²) in [5.41, 5.74) is 1.78. The molecule has 1 aromatic rings. The molecule has 1 heterocycles. The third kappa shape index (κ3) is 6.61. The molecule has 5 nitrogen and oxygen atoms in total. The zero-order chi connectivity index (χ0) is 19.3. The summed E-state index contributed by atoms with van der Waals surface area (Å²) in [5, 5.41) is 13.5. The second kappa shape index (κ2) is 8.87. The maximum Gasteiger partial charge on any atom is 0.407 e. The summed E-state index contributed by atoms with van der Waals surface area (Å²) < 4.78 is 5.31. The van der Waals surface area contributed by atoms with Crippen molar-refractivity contribution in [1.29, 1.82) is 0 Å². The minimum atomic E-state index is -0.480. The fraction of sp³-hybridized carbons (Fsp3) is 0.667. The fourth-order valence-electron chi connectivity index (χ4n) is 3.19. The third-order valence-electron chi connectivity index (χ3n) is 4.73. The van der Waals surface area contributed by atoms with E-state index in [9.17, 15) is 9.90 Å². The average Bonchev–Trinajstić information content (AvgIpc) is 2.55. The van der Waals surface area contributed by atoms with Crippen molar-refractivity contribution >= 4 is 6.09 Å². The largest absolute Gasteiger partial charge is 0.444 e. The van der Waals surface area contributed by atoms with E-state index in [2.05, 4.69) is 36.2 Å². The first-order valence-electron chi connectivity index (χ1n) is 9.64. The van der Waals surface area contributed by atoms with E-state index in [-0.39, 0.29) is 12.1 Å². The summed E-state index contributed by atoms with van der Waals surface area (Å²) in [6.45, 7) is 12.3. The van der Waals surface area contributed by atoms with Crippen molar-refractivity contribution in [2.24, 2.45) is 0 Å². The number of carbonyl (C=O) groups excluding carboxylic acids is 1. The van der Waals surface area contributed by atoms with Crippen LogP contribution in [0.3, 0.4) is 0 Å². The zero-order valence-electron chi connectivity index (χ0n) is 16.8. The van der Waals surface area contributed by atoms with E-state index in [1.54, 1.807) is 0 Å². The number of aliphatic hydroxyl groups excluding tert-OH is 1. The minimum absolute atomic E-state index is 0.142. The number of ether oxygens (including phenoxy) is 1. The lowest BCUT2D eigenvalue weighted by molar-refractivity contribution is 0.0459. The SMILES string of the molecule is CC(C)c1ccc(C(O)CN2CCC(NC(=O)OC(C)(C)C)CC2)cc1. The molecule has 0 spiro atoms. The summed E-state index contributed by atoms with van der Waals surface area (Å²) in [5.74, 6) is 0.498. The van der Waals surface area contributed by atoms with Crippen LogP contribution in [-0.4, -0.2) is 47.4 Å². The van der Waals surface area contributed by atoms with Crippen molar-refractivity contribution in [2.75, 3.05) is 19.6 Å². The summed E-state index contributed by atoms with van der Waals surface area (Å²) in [6, 6.07) is 8.39. The second-order valence-corrected chi connectivity index (χ2v) is 8.56. The van der Waals surface area contributed by atoms with Gasteiger partial charge in [-0.15, -0.1) is 0 Å². The Hall–Kier alpha value is -1.59. The van der Waals surface area contributed by atoms with Crippen LogP contribution in [0, 0.1) is 0 Å². The molecule has 1 aliphatic rings. The molecule has 1 saturated heterocycles. The summed E-state index contributed by atoms with van der Waals surface area (Å²) in [7, 11) is 0. The maximum absolute atomic E-state index is 11.9. The van der Waals surface area contributed by atoms with Gasteiger partial charge in [0, 0.05) is 25.7 Å². The van der Waals surface area contributed by atoms with Gasteiger partial charge in [-0.1, -0.05) is 38.1 Å². The maximum atomic E-state index is 11.9. The highest BCUT2D eigenvalue weighted by atomic mass is 16.6. The number of piperidine rings is 1. The number of nitrogens with one attached hydrogen (secondary N) is 1. The van der Waals surface area contributed by atoms with Gasteiger partial charge in [-0.25, -0.2) is 4.79 Å². The monoisotopic (exact) mass is 362 g/mol. The van der Waals surface area contributed by atoms with Crippen LogP contribution in [-0.2, 0) is 4.74 Å². The number of rotatable bonds is 5. The van der Waals surface area contributed by atoms with Crippen molar-refractivity contribution in [1.82, 2.24) is 10.2 Å². The van der Waals surface area contributed by atoms with E-state index >= 15 is 0 Å². The van der Waals surface area contributed by atoms with Gasteiger partial charge in [0.1, 0.15) is 5.60 Å². The second-order valence-electron chi connectivity index (χ2n) is 8.56. The van der Waals surface area contributed by atoms with Gasteiger partial charge in [0.15, 0.2) is 0 Å². The van der Waals surface area contributed by atoms with Crippen LogP contribution in [0.2, 0.25) is 0 Å². The molecule has 1 fully saturated rings. The number of hydrogen-bond acceptors (Lipinski definition) is 4. The Morgan fingerprint density at radius 2 is 1.73 bits per heavy atom.